The Hall–Kier alpha value is -0.380. The first kappa shape index (κ1) is 18.7. The number of thiophene rings is 1. The summed E-state index contributed by atoms with van der Waals surface area (Å²) >= 11 is 2.13. The summed E-state index contributed by atoms with van der Waals surface area (Å²) in [7, 11) is -1.82. The molecule has 0 aliphatic carbocycles. The third-order valence-electron chi connectivity index (χ3n) is 2.53. The van der Waals surface area contributed by atoms with Crippen molar-refractivity contribution >= 4 is 32.2 Å². The lowest BCUT2D eigenvalue weighted by Gasteiger charge is -2.02. The van der Waals surface area contributed by atoms with Gasteiger partial charge in [0.2, 0.25) is 14.8 Å². The minimum atomic E-state index is -4.23. The van der Waals surface area contributed by atoms with Crippen LogP contribution in [-0.4, -0.2) is 0 Å². The van der Waals surface area contributed by atoms with E-state index in [1.165, 1.54) is 6.07 Å². The van der Waals surface area contributed by atoms with Crippen molar-refractivity contribution in [1.82, 2.24) is 0 Å². The Morgan fingerprint density at radius 1 is 1.14 bits per heavy atom. The molecule has 0 fully saturated rings. The molecule has 1 heterocycles. The van der Waals surface area contributed by atoms with Gasteiger partial charge < -0.3 is 12.6 Å². The van der Waals surface area contributed by atoms with Crippen molar-refractivity contribution in [1.29, 1.82) is 0 Å². The molecule has 0 radical (unpaired) electrons. The maximum atomic E-state index is 13.1. The molecular weight excluding hydrogens is 397 g/mol. The number of hydrogen-bond donors (Lipinski definition) is 0. The first-order valence-corrected chi connectivity index (χ1v) is 9.14. The number of fused-ring (bicyclic) bond motifs is 1. The Morgan fingerprint density at radius 2 is 1.67 bits per heavy atom. The Labute approximate surface area is 132 Å². The monoisotopic (exact) mass is 406 g/mol. The predicted molar refractivity (Wildman–Crippen MR) is 66.8 cm³/mol. The van der Waals surface area contributed by atoms with Gasteiger partial charge in [0.05, 0.1) is 10.5 Å². The molecule has 3 nitrogen and oxygen atoms in total. The second kappa shape index (κ2) is 7.26. The van der Waals surface area contributed by atoms with Crippen LogP contribution in [-0.2, 0) is 5.51 Å². The second-order valence-electron chi connectivity index (χ2n) is 4.32. The average Bonchev–Trinajstić information content (AvgIpc) is 2.66. The zero-order chi connectivity index (χ0) is 16.4. The summed E-state index contributed by atoms with van der Waals surface area (Å²) < 4.78 is 65.2. The fourth-order valence-electron chi connectivity index (χ4n) is 1.80. The van der Waals surface area contributed by atoms with E-state index in [9.17, 15) is 13.2 Å². The molecule has 2 aromatic rings. The number of halogens is 5. The zero-order valence-corrected chi connectivity index (χ0v) is 14.1. The Bertz CT molecular complexity index is 611. The summed E-state index contributed by atoms with van der Waals surface area (Å²) in [6.07, 6.45) is 0. The van der Waals surface area contributed by atoms with Gasteiger partial charge in [-0.25, -0.2) is 0 Å². The summed E-state index contributed by atoms with van der Waals surface area (Å²) in [6.45, 7) is 3.57. The molecule has 1 aromatic heterocycles. The maximum absolute atomic E-state index is 13.1. The van der Waals surface area contributed by atoms with Gasteiger partial charge in [-0.1, -0.05) is 25.4 Å². The van der Waals surface area contributed by atoms with Gasteiger partial charge in [0.15, 0.2) is 9.58 Å². The highest BCUT2D eigenvalue weighted by atomic mass is 80.0. The molecule has 1 atom stereocenters. The van der Waals surface area contributed by atoms with Gasteiger partial charge in [0.1, 0.15) is 0 Å². The minimum absolute atomic E-state index is 0.119. The van der Waals surface area contributed by atoms with Crippen LogP contribution in [0.25, 0.3) is 10.1 Å². The van der Waals surface area contributed by atoms with E-state index in [4.69, 9.17) is 24.2 Å². The Morgan fingerprint density at radius 3 is 2.10 bits per heavy atom. The fraction of sp³-hybridized carbons (Fsp3) is 0.333. The first-order chi connectivity index (χ1) is 9.54. The Kier molecular flexibility index (Phi) is 6.45. The molecule has 0 spiro atoms. The van der Waals surface area contributed by atoms with E-state index >= 15 is 0 Å². The SMILES string of the molecule is CC(C)c1cc2ccc(Cl)cc2[s+]1C(F)(F)F.[O-][Br+2]([O-])[O-]. The van der Waals surface area contributed by atoms with E-state index in [0.29, 0.717) is 20.0 Å². The van der Waals surface area contributed by atoms with Crippen molar-refractivity contribution in [3.8, 4) is 0 Å². The third kappa shape index (κ3) is 5.08. The van der Waals surface area contributed by atoms with Gasteiger partial charge in [-0.3, -0.25) is 0 Å². The van der Waals surface area contributed by atoms with E-state index in [1.807, 2.05) is 0 Å². The highest BCUT2D eigenvalue weighted by Crippen LogP contribution is 2.53. The number of alkyl halides is 3. The summed E-state index contributed by atoms with van der Waals surface area (Å²) in [5.41, 5.74) is -4.23. The normalized spacial score (nSPS) is 12.8. The molecule has 9 heteroatoms. The van der Waals surface area contributed by atoms with Crippen LogP contribution < -0.4 is 12.6 Å². The molecule has 1 unspecified atom stereocenters. The van der Waals surface area contributed by atoms with E-state index < -0.39 is 30.8 Å². The van der Waals surface area contributed by atoms with Crippen molar-refractivity contribution in [3.63, 3.8) is 0 Å². The summed E-state index contributed by atoms with van der Waals surface area (Å²) in [5, 5.41) is 0.989. The summed E-state index contributed by atoms with van der Waals surface area (Å²) in [6, 6.07) is 6.35. The van der Waals surface area contributed by atoms with Crippen LogP contribution in [0.4, 0.5) is 13.2 Å². The van der Waals surface area contributed by atoms with E-state index in [0.717, 1.165) is 0 Å². The lowest BCUT2D eigenvalue weighted by atomic mass is 10.1. The van der Waals surface area contributed by atoms with Crippen LogP contribution >= 0.6 is 22.1 Å². The zero-order valence-electron chi connectivity index (χ0n) is 10.9. The van der Waals surface area contributed by atoms with Gasteiger partial charge in [-0.15, -0.1) is 13.2 Å². The van der Waals surface area contributed by atoms with Gasteiger partial charge >= 0.3 is 5.51 Å². The summed E-state index contributed by atoms with van der Waals surface area (Å²) in [5.74, 6) is -0.119. The molecular formula is C12H11BrClF3O3S. The molecule has 0 aliphatic rings. The number of hydrogen-bond acceptors (Lipinski definition) is 3. The Balaban J connectivity index is 0.000000491. The standard InChI is InChI=1S/C12H11ClF3S.BrO3/c1-7(2)10-5-8-3-4-9(13)6-11(8)17(10)12(14,15)16;2-1(3)4/h3-7H,1-2H3;/q+1;-1. The average molecular weight is 408 g/mol. The topological polar surface area (TPSA) is 69.2 Å². The molecule has 2 rings (SSSR count). The molecule has 0 saturated heterocycles. The predicted octanol–water partition coefficient (Wildman–Crippen LogP) is 2.28. The van der Waals surface area contributed by atoms with Crippen molar-refractivity contribution in [2.45, 2.75) is 25.3 Å². The lowest BCUT2D eigenvalue weighted by molar-refractivity contribution is -1.73. The highest BCUT2D eigenvalue weighted by Gasteiger charge is 2.48. The lowest BCUT2D eigenvalue weighted by Crippen LogP contribution is -2.42. The summed E-state index contributed by atoms with van der Waals surface area (Å²) in [4.78, 5) is 0.440. The second-order valence-corrected chi connectivity index (χ2v) is 7.54. The molecule has 1 aromatic carbocycles. The van der Waals surface area contributed by atoms with E-state index in [-0.39, 0.29) is 5.92 Å². The molecule has 0 aliphatic heterocycles. The van der Waals surface area contributed by atoms with Crippen LogP contribution in [0.2, 0.25) is 5.02 Å². The van der Waals surface area contributed by atoms with Crippen LogP contribution in [0.15, 0.2) is 24.3 Å². The fourth-order valence-corrected chi connectivity index (χ4v) is 4.14. The van der Waals surface area contributed by atoms with Crippen LogP contribution in [0.3, 0.4) is 0 Å². The smallest absolute Gasteiger partial charge is 0.405 e. The van der Waals surface area contributed by atoms with Crippen molar-refractivity contribution < 1.29 is 40.6 Å². The van der Waals surface area contributed by atoms with Crippen molar-refractivity contribution in [2.75, 3.05) is 0 Å². The van der Waals surface area contributed by atoms with Gasteiger partial charge in [-0.2, -0.15) is 0 Å². The molecule has 0 saturated carbocycles. The van der Waals surface area contributed by atoms with Crippen molar-refractivity contribution in [2.24, 2.45) is 0 Å². The van der Waals surface area contributed by atoms with Gasteiger partial charge in [0, 0.05) is 28.5 Å². The van der Waals surface area contributed by atoms with Crippen LogP contribution in [0.5, 0.6) is 0 Å². The van der Waals surface area contributed by atoms with E-state index in [2.05, 4.69) is 0 Å². The highest BCUT2D eigenvalue weighted by molar-refractivity contribution is 7.38. The van der Waals surface area contributed by atoms with E-state index in [1.54, 1.807) is 32.0 Å². The number of rotatable bonds is 1. The molecule has 0 amide bonds. The van der Waals surface area contributed by atoms with Gasteiger partial charge in [-0.05, 0) is 12.1 Å². The molecule has 118 valence electrons. The third-order valence-corrected chi connectivity index (χ3v) is 5.08. The molecule has 0 bridgehead atoms. The number of benzene rings is 1. The molecule has 21 heavy (non-hydrogen) atoms. The first-order valence-electron chi connectivity index (χ1n) is 5.59. The molecule has 0 N–H and O–H groups in total. The van der Waals surface area contributed by atoms with Gasteiger partial charge in [0.25, 0.3) is 0 Å². The van der Waals surface area contributed by atoms with Crippen molar-refractivity contribution in [3.05, 3.63) is 34.2 Å². The maximum Gasteiger partial charge on any atom is 0.600 e. The largest absolute Gasteiger partial charge is 0.600 e. The van der Waals surface area contributed by atoms with Crippen LogP contribution in [0, 0.1) is 14.8 Å². The minimum Gasteiger partial charge on any atom is -0.405 e. The quantitative estimate of drug-likeness (QED) is 0.681. The van der Waals surface area contributed by atoms with Crippen LogP contribution in [0.1, 0.15) is 24.6 Å².